The number of ether oxygens (including phenoxy) is 1. The molecule has 0 bridgehead atoms. The number of hydrogen-bond donors (Lipinski definition) is 2. The lowest BCUT2D eigenvalue weighted by Gasteiger charge is -2.39. The van der Waals surface area contributed by atoms with Crippen LogP contribution in [0.25, 0.3) is 0 Å². The fourth-order valence-corrected chi connectivity index (χ4v) is 4.71. The third-order valence-corrected chi connectivity index (χ3v) is 6.69. The van der Waals surface area contributed by atoms with Gasteiger partial charge in [-0.1, -0.05) is 71.3 Å². The molecule has 1 aromatic heterocycles. The second-order valence-corrected chi connectivity index (χ2v) is 9.21. The van der Waals surface area contributed by atoms with Crippen molar-refractivity contribution in [1.82, 2.24) is 30.4 Å². The second-order valence-electron chi connectivity index (χ2n) is 8.78. The van der Waals surface area contributed by atoms with Crippen molar-refractivity contribution in [3.63, 3.8) is 0 Å². The van der Waals surface area contributed by atoms with Crippen LogP contribution in [0.1, 0.15) is 27.5 Å². The van der Waals surface area contributed by atoms with E-state index < -0.39 is 0 Å². The monoisotopic (exact) mass is 517 g/mol. The summed E-state index contributed by atoms with van der Waals surface area (Å²) < 4.78 is 6.01. The van der Waals surface area contributed by atoms with Gasteiger partial charge in [-0.2, -0.15) is 5.21 Å². The summed E-state index contributed by atoms with van der Waals surface area (Å²) in [6.45, 7) is 4.98. The number of halogens is 1. The van der Waals surface area contributed by atoms with Crippen molar-refractivity contribution < 1.29 is 9.53 Å². The SMILES string of the molecule is O=C(Nc1nn[nH]n1)c1ccccc1OCCN1CCN(C(c2ccccc2)c2ccc(Cl)cc2)CC1. The van der Waals surface area contributed by atoms with Crippen molar-refractivity contribution in [2.75, 3.05) is 44.6 Å². The van der Waals surface area contributed by atoms with Crippen molar-refractivity contribution in [1.29, 1.82) is 0 Å². The van der Waals surface area contributed by atoms with Gasteiger partial charge >= 0.3 is 0 Å². The zero-order valence-electron chi connectivity index (χ0n) is 20.3. The Kier molecular flexibility index (Phi) is 8.05. The van der Waals surface area contributed by atoms with E-state index in [1.807, 2.05) is 24.3 Å². The zero-order valence-corrected chi connectivity index (χ0v) is 21.0. The highest BCUT2D eigenvalue weighted by Crippen LogP contribution is 2.30. The number of anilines is 1. The first-order valence-electron chi connectivity index (χ1n) is 12.2. The van der Waals surface area contributed by atoms with Crippen LogP contribution >= 0.6 is 11.6 Å². The molecule has 0 saturated carbocycles. The number of benzene rings is 3. The number of amides is 1. The molecule has 190 valence electrons. The summed E-state index contributed by atoms with van der Waals surface area (Å²) in [5.41, 5.74) is 2.94. The number of rotatable bonds is 9. The van der Waals surface area contributed by atoms with Gasteiger partial charge in [0, 0.05) is 37.7 Å². The van der Waals surface area contributed by atoms with Gasteiger partial charge < -0.3 is 4.74 Å². The Morgan fingerprint density at radius 3 is 2.38 bits per heavy atom. The minimum Gasteiger partial charge on any atom is -0.491 e. The summed E-state index contributed by atoms with van der Waals surface area (Å²) in [6.07, 6.45) is 0. The standard InChI is InChI=1S/C27H28ClN7O2/c28-22-12-10-21(11-13-22)25(20-6-2-1-3-7-20)35-16-14-34(15-17-35)18-19-37-24-9-5-4-8-23(24)26(36)29-27-30-32-33-31-27/h1-13,25H,14-19H2,(H2,29,30,31,32,33,36). The van der Waals surface area contributed by atoms with Crippen LogP contribution in [0.3, 0.4) is 0 Å². The van der Waals surface area contributed by atoms with Crippen LogP contribution in [0.5, 0.6) is 5.75 Å². The molecule has 0 spiro atoms. The Hall–Kier alpha value is -3.79. The number of tetrazole rings is 1. The van der Waals surface area contributed by atoms with E-state index in [2.05, 4.69) is 72.1 Å². The Morgan fingerprint density at radius 1 is 0.946 bits per heavy atom. The lowest BCUT2D eigenvalue weighted by Crippen LogP contribution is -2.48. The molecule has 1 unspecified atom stereocenters. The summed E-state index contributed by atoms with van der Waals surface area (Å²) in [4.78, 5) is 17.5. The molecule has 10 heteroatoms. The lowest BCUT2D eigenvalue weighted by molar-refractivity contribution is 0.0963. The number of nitrogens with one attached hydrogen (secondary N) is 2. The van der Waals surface area contributed by atoms with E-state index in [0.717, 1.165) is 37.7 Å². The van der Waals surface area contributed by atoms with Crippen molar-refractivity contribution >= 4 is 23.5 Å². The molecule has 37 heavy (non-hydrogen) atoms. The van der Waals surface area contributed by atoms with Gasteiger partial charge in [0.1, 0.15) is 12.4 Å². The Bertz CT molecular complexity index is 1280. The fourth-order valence-electron chi connectivity index (χ4n) is 4.59. The minimum absolute atomic E-state index is 0.116. The highest BCUT2D eigenvalue weighted by Gasteiger charge is 2.26. The lowest BCUT2D eigenvalue weighted by atomic mass is 9.96. The molecule has 3 aromatic carbocycles. The molecule has 1 saturated heterocycles. The average Bonchev–Trinajstić information content (AvgIpc) is 3.45. The number of carbonyl (C=O) groups is 1. The Balaban J connectivity index is 1.17. The number of carbonyl (C=O) groups excluding carboxylic acids is 1. The van der Waals surface area contributed by atoms with E-state index in [4.69, 9.17) is 16.3 Å². The third kappa shape index (κ3) is 6.32. The van der Waals surface area contributed by atoms with Crippen LogP contribution in [-0.2, 0) is 0 Å². The maximum atomic E-state index is 12.6. The van der Waals surface area contributed by atoms with Crippen LogP contribution in [0.4, 0.5) is 5.95 Å². The molecule has 1 atom stereocenters. The van der Waals surface area contributed by atoms with Crippen LogP contribution in [0, 0.1) is 0 Å². The quantitative estimate of drug-likeness (QED) is 0.347. The van der Waals surface area contributed by atoms with Crippen molar-refractivity contribution in [3.05, 3.63) is 101 Å². The normalized spacial score (nSPS) is 15.3. The van der Waals surface area contributed by atoms with Crippen LogP contribution in [0.15, 0.2) is 78.9 Å². The molecular formula is C27H28ClN7O2. The molecule has 0 aliphatic carbocycles. The predicted molar refractivity (Wildman–Crippen MR) is 142 cm³/mol. The van der Waals surface area contributed by atoms with Gasteiger partial charge in [-0.15, -0.1) is 5.10 Å². The van der Waals surface area contributed by atoms with E-state index in [1.165, 1.54) is 11.1 Å². The van der Waals surface area contributed by atoms with Gasteiger partial charge in [-0.25, -0.2) is 0 Å². The first-order valence-corrected chi connectivity index (χ1v) is 12.6. The van der Waals surface area contributed by atoms with Gasteiger partial charge in [0.2, 0.25) is 0 Å². The van der Waals surface area contributed by atoms with E-state index >= 15 is 0 Å². The van der Waals surface area contributed by atoms with Gasteiger partial charge in [0.25, 0.3) is 11.9 Å². The average molecular weight is 518 g/mol. The van der Waals surface area contributed by atoms with Gasteiger partial charge in [-0.3, -0.25) is 19.9 Å². The summed E-state index contributed by atoms with van der Waals surface area (Å²) in [7, 11) is 0. The van der Waals surface area contributed by atoms with E-state index in [0.29, 0.717) is 17.9 Å². The van der Waals surface area contributed by atoms with Crippen molar-refractivity contribution in [2.45, 2.75) is 6.04 Å². The molecule has 2 heterocycles. The molecule has 1 aliphatic heterocycles. The van der Waals surface area contributed by atoms with Gasteiger partial charge in [0.15, 0.2) is 0 Å². The molecule has 4 aromatic rings. The Labute approximate surface area is 220 Å². The van der Waals surface area contributed by atoms with Crippen LogP contribution < -0.4 is 10.1 Å². The fraction of sp³-hybridized carbons (Fsp3) is 0.259. The molecule has 9 nitrogen and oxygen atoms in total. The van der Waals surface area contributed by atoms with E-state index in [9.17, 15) is 4.79 Å². The third-order valence-electron chi connectivity index (χ3n) is 6.44. The number of aromatic amines is 1. The van der Waals surface area contributed by atoms with Crippen LogP contribution in [0.2, 0.25) is 5.02 Å². The highest BCUT2D eigenvalue weighted by molar-refractivity contribution is 6.30. The van der Waals surface area contributed by atoms with E-state index in [1.54, 1.807) is 18.2 Å². The number of hydrogen-bond acceptors (Lipinski definition) is 7. The number of piperazine rings is 1. The predicted octanol–water partition coefficient (Wildman–Crippen LogP) is 3.89. The molecular weight excluding hydrogens is 490 g/mol. The largest absolute Gasteiger partial charge is 0.491 e. The summed E-state index contributed by atoms with van der Waals surface area (Å²) in [5, 5.41) is 16.6. The molecule has 1 aliphatic rings. The number of para-hydroxylation sites is 1. The first-order chi connectivity index (χ1) is 18.2. The highest BCUT2D eigenvalue weighted by atomic mass is 35.5. The maximum absolute atomic E-state index is 12.6. The molecule has 1 fully saturated rings. The minimum atomic E-state index is -0.347. The first kappa shape index (κ1) is 24.9. The van der Waals surface area contributed by atoms with Crippen LogP contribution in [-0.4, -0.2) is 75.7 Å². The number of aromatic nitrogens is 4. The van der Waals surface area contributed by atoms with Crippen molar-refractivity contribution in [2.24, 2.45) is 0 Å². The Morgan fingerprint density at radius 2 is 1.65 bits per heavy atom. The second kappa shape index (κ2) is 12.0. The molecule has 2 N–H and O–H groups in total. The molecule has 0 radical (unpaired) electrons. The van der Waals surface area contributed by atoms with E-state index in [-0.39, 0.29) is 17.9 Å². The number of nitrogens with zero attached hydrogens (tertiary/aromatic N) is 5. The van der Waals surface area contributed by atoms with Crippen molar-refractivity contribution in [3.8, 4) is 5.75 Å². The smallest absolute Gasteiger partial charge is 0.270 e. The van der Waals surface area contributed by atoms with Gasteiger partial charge in [0.05, 0.1) is 11.6 Å². The maximum Gasteiger partial charge on any atom is 0.270 e. The summed E-state index contributed by atoms with van der Waals surface area (Å²) in [5.74, 6) is 0.291. The summed E-state index contributed by atoms with van der Waals surface area (Å²) in [6, 6.07) is 26.1. The topological polar surface area (TPSA) is 99.3 Å². The molecule has 5 rings (SSSR count). The van der Waals surface area contributed by atoms with Gasteiger partial charge in [-0.05, 0) is 40.6 Å². The number of H-pyrrole nitrogens is 1. The zero-order chi connectivity index (χ0) is 25.5. The molecule has 1 amide bonds. The summed E-state index contributed by atoms with van der Waals surface area (Å²) >= 11 is 6.16.